The number of nitrogens with zero attached hydrogens (tertiary/aromatic N) is 1. The Kier molecular flexibility index (Phi) is 7.46. The van der Waals surface area contributed by atoms with Gasteiger partial charge in [0, 0.05) is 21.2 Å². The summed E-state index contributed by atoms with van der Waals surface area (Å²) in [5.74, 6) is -0.231. The van der Waals surface area contributed by atoms with Crippen molar-refractivity contribution in [3.63, 3.8) is 0 Å². The summed E-state index contributed by atoms with van der Waals surface area (Å²) in [6, 6.07) is 16.7. The molecule has 0 N–H and O–H groups in total. The van der Waals surface area contributed by atoms with Crippen LogP contribution in [0.1, 0.15) is 16.7 Å². The van der Waals surface area contributed by atoms with Crippen molar-refractivity contribution in [1.29, 1.82) is 0 Å². The molecule has 1 heterocycles. The molecular formula is C25H18Cl2FNO4S. The molecule has 0 radical (unpaired) electrons. The molecule has 3 aromatic rings. The Balaban J connectivity index is 1.60. The first-order valence-electron chi connectivity index (χ1n) is 10.1. The van der Waals surface area contributed by atoms with Crippen LogP contribution in [0.2, 0.25) is 10.0 Å². The van der Waals surface area contributed by atoms with E-state index in [4.69, 9.17) is 32.7 Å². The van der Waals surface area contributed by atoms with E-state index in [2.05, 4.69) is 0 Å². The minimum atomic E-state index is -0.582. The number of carbonyl (C=O) groups excluding carboxylic acids is 2. The van der Waals surface area contributed by atoms with Gasteiger partial charge in [-0.1, -0.05) is 53.5 Å². The van der Waals surface area contributed by atoms with E-state index in [1.54, 1.807) is 36.4 Å². The number of carbonyl (C=O) groups is 2. The predicted molar refractivity (Wildman–Crippen MR) is 132 cm³/mol. The summed E-state index contributed by atoms with van der Waals surface area (Å²) in [5, 5.41) is 0.255. The van der Waals surface area contributed by atoms with Gasteiger partial charge in [0.05, 0.1) is 18.6 Å². The molecule has 5 nitrogen and oxygen atoms in total. The Bertz CT molecular complexity index is 1260. The molecule has 1 fully saturated rings. The lowest BCUT2D eigenvalue weighted by molar-refractivity contribution is -0.123. The van der Waals surface area contributed by atoms with Crippen LogP contribution in [0.15, 0.2) is 65.6 Å². The van der Waals surface area contributed by atoms with Crippen LogP contribution in [-0.2, 0) is 17.9 Å². The molecule has 9 heteroatoms. The van der Waals surface area contributed by atoms with E-state index >= 15 is 0 Å². The number of methoxy groups -OCH3 is 1. The van der Waals surface area contributed by atoms with Crippen LogP contribution in [0, 0.1) is 5.82 Å². The molecule has 1 aliphatic heterocycles. The van der Waals surface area contributed by atoms with E-state index < -0.39 is 17.0 Å². The third kappa shape index (κ3) is 5.22. The minimum Gasteiger partial charge on any atom is -0.493 e. The number of para-hydroxylation sites is 1. The lowest BCUT2D eigenvalue weighted by Crippen LogP contribution is -2.28. The summed E-state index contributed by atoms with van der Waals surface area (Å²) in [4.78, 5) is 26.7. The average Bonchev–Trinajstić information content (AvgIpc) is 3.08. The van der Waals surface area contributed by atoms with Gasteiger partial charge >= 0.3 is 0 Å². The number of amides is 2. The number of hydrogen-bond donors (Lipinski definition) is 0. The number of thioether (sulfide) groups is 1. The van der Waals surface area contributed by atoms with Crippen molar-refractivity contribution < 1.29 is 23.5 Å². The highest BCUT2D eigenvalue weighted by atomic mass is 35.5. The van der Waals surface area contributed by atoms with Gasteiger partial charge in [-0.25, -0.2) is 4.39 Å². The van der Waals surface area contributed by atoms with E-state index in [9.17, 15) is 14.0 Å². The Morgan fingerprint density at radius 2 is 1.76 bits per heavy atom. The first-order chi connectivity index (χ1) is 16.4. The number of benzene rings is 3. The lowest BCUT2D eigenvalue weighted by atomic mass is 10.1. The lowest BCUT2D eigenvalue weighted by Gasteiger charge is -2.15. The molecule has 4 rings (SSSR count). The molecule has 174 valence electrons. The number of hydrogen-bond acceptors (Lipinski definition) is 5. The largest absolute Gasteiger partial charge is 0.493 e. The Hall–Kier alpha value is -3.00. The summed E-state index contributed by atoms with van der Waals surface area (Å²) < 4.78 is 25.6. The number of rotatable bonds is 7. The monoisotopic (exact) mass is 517 g/mol. The SMILES string of the molecule is COc1cccc(/C=C2\SC(=O)N(Cc3c(F)cccc3Cl)C2=O)c1OCc1ccc(Cl)cc1. The first-order valence-corrected chi connectivity index (χ1v) is 11.7. The normalized spacial score (nSPS) is 14.7. The average molecular weight is 518 g/mol. The van der Waals surface area contributed by atoms with Crippen molar-refractivity contribution in [2.45, 2.75) is 13.2 Å². The molecule has 0 aromatic heterocycles. The van der Waals surface area contributed by atoms with Gasteiger partial charge in [0.15, 0.2) is 11.5 Å². The summed E-state index contributed by atoms with van der Waals surface area (Å²) in [7, 11) is 1.51. The van der Waals surface area contributed by atoms with Gasteiger partial charge in [0.25, 0.3) is 11.1 Å². The van der Waals surface area contributed by atoms with E-state index in [-0.39, 0.29) is 28.6 Å². The topological polar surface area (TPSA) is 55.8 Å². The Morgan fingerprint density at radius 1 is 1.03 bits per heavy atom. The van der Waals surface area contributed by atoms with Crippen LogP contribution in [0.25, 0.3) is 6.08 Å². The number of ether oxygens (including phenoxy) is 2. The smallest absolute Gasteiger partial charge is 0.293 e. The molecule has 1 aliphatic rings. The third-order valence-electron chi connectivity index (χ3n) is 5.06. The van der Waals surface area contributed by atoms with E-state index in [0.29, 0.717) is 22.1 Å². The fourth-order valence-electron chi connectivity index (χ4n) is 3.32. The fraction of sp³-hybridized carbons (Fsp3) is 0.120. The molecular weight excluding hydrogens is 500 g/mol. The maximum atomic E-state index is 14.2. The summed E-state index contributed by atoms with van der Waals surface area (Å²) >= 11 is 12.8. The predicted octanol–water partition coefficient (Wildman–Crippen LogP) is 6.96. The van der Waals surface area contributed by atoms with E-state index in [1.165, 1.54) is 25.3 Å². The molecule has 2 amide bonds. The summed E-state index contributed by atoms with van der Waals surface area (Å²) in [6.07, 6.45) is 1.56. The van der Waals surface area contributed by atoms with Crippen LogP contribution >= 0.6 is 35.0 Å². The Labute approximate surface area is 210 Å². The molecule has 0 bridgehead atoms. The standard InChI is InChI=1S/C25H18Cl2FNO4S/c1-32-21-7-2-4-16(23(21)33-14-15-8-10-17(26)11-9-15)12-22-24(30)29(25(31)34-22)13-18-19(27)5-3-6-20(18)28/h2-12H,13-14H2,1H3/b22-12-. The second-order valence-electron chi connectivity index (χ2n) is 7.26. The molecule has 3 aromatic carbocycles. The Morgan fingerprint density at radius 3 is 2.47 bits per heavy atom. The zero-order chi connectivity index (χ0) is 24.2. The molecule has 0 saturated carbocycles. The van der Waals surface area contributed by atoms with Crippen LogP contribution in [0.4, 0.5) is 9.18 Å². The third-order valence-corrected chi connectivity index (χ3v) is 6.58. The zero-order valence-electron chi connectivity index (χ0n) is 17.9. The number of imide groups is 1. The van der Waals surface area contributed by atoms with Crippen LogP contribution in [-0.4, -0.2) is 23.2 Å². The molecule has 0 unspecified atom stereocenters. The second kappa shape index (κ2) is 10.5. The van der Waals surface area contributed by atoms with E-state index in [0.717, 1.165) is 22.2 Å². The molecule has 34 heavy (non-hydrogen) atoms. The fourth-order valence-corrected chi connectivity index (χ4v) is 4.49. The highest BCUT2D eigenvalue weighted by molar-refractivity contribution is 8.18. The van der Waals surface area contributed by atoms with Crippen molar-refractivity contribution in [2.75, 3.05) is 7.11 Å². The summed E-state index contributed by atoms with van der Waals surface area (Å²) in [5.41, 5.74) is 1.53. The van der Waals surface area contributed by atoms with Gasteiger partial charge in [-0.05, 0) is 53.7 Å². The van der Waals surface area contributed by atoms with Gasteiger partial charge in [0.2, 0.25) is 0 Å². The summed E-state index contributed by atoms with van der Waals surface area (Å²) in [6.45, 7) is -0.0167. The van der Waals surface area contributed by atoms with Gasteiger partial charge in [-0.15, -0.1) is 0 Å². The minimum absolute atomic E-state index is 0.0843. The highest BCUT2D eigenvalue weighted by Crippen LogP contribution is 2.38. The maximum Gasteiger partial charge on any atom is 0.293 e. The molecule has 0 atom stereocenters. The first kappa shape index (κ1) is 24.1. The molecule has 0 spiro atoms. The van der Waals surface area contributed by atoms with Crippen molar-refractivity contribution in [1.82, 2.24) is 4.90 Å². The van der Waals surface area contributed by atoms with Crippen LogP contribution in [0.3, 0.4) is 0 Å². The van der Waals surface area contributed by atoms with E-state index in [1.807, 2.05) is 12.1 Å². The maximum absolute atomic E-state index is 14.2. The second-order valence-corrected chi connectivity index (χ2v) is 9.10. The number of halogens is 3. The molecule has 1 saturated heterocycles. The van der Waals surface area contributed by atoms with Crippen molar-refractivity contribution >= 4 is 52.2 Å². The van der Waals surface area contributed by atoms with Gasteiger partial charge in [0.1, 0.15) is 12.4 Å². The van der Waals surface area contributed by atoms with Crippen molar-refractivity contribution in [3.8, 4) is 11.5 Å². The molecule has 0 aliphatic carbocycles. The van der Waals surface area contributed by atoms with Gasteiger partial charge < -0.3 is 9.47 Å². The van der Waals surface area contributed by atoms with Gasteiger partial charge in [-0.3, -0.25) is 14.5 Å². The van der Waals surface area contributed by atoms with Crippen molar-refractivity contribution in [2.24, 2.45) is 0 Å². The quantitative estimate of drug-likeness (QED) is 0.317. The van der Waals surface area contributed by atoms with Crippen LogP contribution in [0.5, 0.6) is 11.5 Å². The van der Waals surface area contributed by atoms with Crippen LogP contribution < -0.4 is 9.47 Å². The van der Waals surface area contributed by atoms with Crippen molar-refractivity contribution in [3.05, 3.63) is 98.1 Å². The highest BCUT2D eigenvalue weighted by Gasteiger charge is 2.36. The van der Waals surface area contributed by atoms with Gasteiger partial charge in [-0.2, -0.15) is 0 Å². The zero-order valence-corrected chi connectivity index (χ0v) is 20.2.